The summed E-state index contributed by atoms with van der Waals surface area (Å²) in [5.74, 6) is -0.621. The highest BCUT2D eigenvalue weighted by Gasteiger charge is 2.27. The molecule has 0 saturated carbocycles. The van der Waals surface area contributed by atoms with Crippen LogP contribution in [0.15, 0.2) is 18.2 Å². The maximum Gasteiger partial charge on any atom is 0.390 e. The number of hydrogen-bond acceptors (Lipinski definition) is 2. The fourth-order valence-electron chi connectivity index (χ4n) is 1.25. The maximum absolute atomic E-state index is 13.3. The van der Waals surface area contributed by atoms with E-state index in [1.807, 2.05) is 0 Å². The van der Waals surface area contributed by atoms with Gasteiger partial charge in [0.15, 0.2) is 0 Å². The topological polar surface area (TPSA) is 29.3 Å². The van der Waals surface area contributed by atoms with Crippen molar-refractivity contribution in [3.05, 3.63) is 24.0 Å². The second-order valence-electron chi connectivity index (χ2n) is 3.50. The molecule has 6 heteroatoms. The van der Waals surface area contributed by atoms with Gasteiger partial charge in [0.25, 0.3) is 0 Å². The monoisotopic (exact) mass is 236 g/mol. The van der Waals surface area contributed by atoms with Crippen molar-refractivity contribution in [3.63, 3.8) is 0 Å². The highest BCUT2D eigenvalue weighted by molar-refractivity contribution is 5.53. The van der Waals surface area contributed by atoms with Crippen molar-refractivity contribution in [3.8, 4) is 0 Å². The molecule has 0 unspecified atom stereocenters. The molecule has 2 N–H and O–H groups in total. The molecular weight excluding hydrogens is 224 g/mol. The number of benzene rings is 1. The van der Waals surface area contributed by atoms with Crippen molar-refractivity contribution in [2.45, 2.75) is 12.6 Å². The summed E-state index contributed by atoms with van der Waals surface area (Å²) in [6, 6.07) is 3.89. The van der Waals surface area contributed by atoms with Crippen LogP contribution in [0, 0.1) is 5.82 Å². The predicted molar refractivity (Wildman–Crippen MR) is 54.8 cm³/mol. The highest BCUT2D eigenvalue weighted by Crippen LogP contribution is 2.24. The molecule has 1 aromatic carbocycles. The largest absolute Gasteiger partial charge is 0.399 e. The number of rotatable bonds is 3. The summed E-state index contributed by atoms with van der Waals surface area (Å²) >= 11 is 0. The minimum absolute atomic E-state index is 0.110. The van der Waals surface area contributed by atoms with E-state index in [0.29, 0.717) is 0 Å². The number of nitrogens with zero attached hydrogens (tertiary/aromatic N) is 1. The summed E-state index contributed by atoms with van der Waals surface area (Å²) < 4.78 is 49.2. The van der Waals surface area contributed by atoms with E-state index in [9.17, 15) is 17.6 Å². The van der Waals surface area contributed by atoms with Gasteiger partial charge in [-0.3, -0.25) is 0 Å². The minimum atomic E-state index is -4.24. The molecule has 2 nitrogen and oxygen atoms in total. The fourth-order valence-corrected chi connectivity index (χ4v) is 1.25. The first kappa shape index (κ1) is 12.6. The molecule has 0 aromatic heterocycles. The van der Waals surface area contributed by atoms with Crippen LogP contribution in [-0.4, -0.2) is 19.8 Å². The standard InChI is InChI=1S/C10H12F4N2/c1-16(5-4-10(12,13)14)9-3-2-7(15)6-8(9)11/h2-3,6H,4-5,15H2,1H3. The smallest absolute Gasteiger partial charge is 0.390 e. The first-order chi connectivity index (χ1) is 7.29. The van der Waals surface area contributed by atoms with Crippen molar-refractivity contribution in [1.82, 2.24) is 0 Å². The van der Waals surface area contributed by atoms with Crippen molar-refractivity contribution in [2.24, 2.45) is 0 Å². The molecule has 0 aliphatic carbocycles. The van der Waals surface area contributed by atoms with Crippen LogP contribution in [-0.2, 0) is 0 Å². The van der Waals surface area contributed by atoms with Gasteiger partial charge in [-0.05, 0) is 18.2 Å². The Morgan fingerprint density at radius 1 is 1.31 bits per heavy atom. The molecule has 0 aliphatic heterocycles. The van der Waals surface area contributed by atoms with Crippen molar-refractivity contribution in [2.75, 3.05) is 24.2 Å². The van der Waals surface area contributed by atoms with Crippen LogP contribution >= 0.6 is 0 Å². The summed E-state index contributed by atoms with van der Waals surface area (Å²) in [5.41, 5.74) is 5.68. The molecule has 1 rings (SSSR count). The van der Waals surface area contributed by atoms with E-state index in [4.69, 9.17) is 5.73 Å². The van der Waals surface area contributed by atoms with Gasteiger partial charge < -0.3 is 10.6 Å². The number of nitrogens with two attached hydrogens (primary N) is 1. The normalized spacial score (nSPS) is 11.6. The van der Waals surface area contributed by atoms with Crippen LogP contribution in [0.5, 0.6) is 0 Å². The van der Waals surface area contributed by atoms with Gasteiger partial charge in [0.2, 0.25) is 0 Å². The van der Waals surface area contributed by atoms with Crippen LogP contribution in [0.25, 0.3) is 0 Å². The molecule has 0 fully saturated rings. The Morgan fingerprint density at radius 3 is 2.44 bits per heavy atom. The van der Waals surface area contributed by atoms with E-state index < -0.39 is 18.4 Å². The van der Waals surface area contributed by atoms with E-state index in [2.05, 4.69) is 0 Å². The number of anilines is 2. The third-order valence-electron chi connectivity index (χ3n) is 2.11. The van der Waals surface area contributed by atoms with E-state index in [-0.39, 0.29) is 17.9 Å². The molecule has 0 atom stereocenters. The number of nitrogen functional groups attached to an aromatic ring is 1. The van der Waals surface area contributed by atoms with E-state index in [1.54, 1.807) is 0 Å². The van der Waals surface area contributed by atoms with Crippen LogP contribution in [0.4, 0.5) is 28.9 Å². The summed E-state index contributed by atoms with van der Waals surface area (Å²) in [5, 5.41) is 0. The lowest BCUT2D eigenvalue weighted by Crippen LogP contribution is -2.24. The zero-order valence-electron chi connectivity index (χ0n) is 8.68. The summed E-state index contributed by atoms with van der Waals surface area (Å²) in [6.07, 6.45) is -5.22. The molecule has 0 heterocycles. The van der Waals surface area contributed by atoms with E-state index in [1.165, 1.54) is 24.1 Å². The second kappa shape index (κ2) is 4.59. The zero-order chi connectivity index (χ0) is 12.3. The molecule has 0 amide bonds. The summed E-state index contributed by atoms with van der Waals surface area (Å²) in [4.78, 5) is 1.21. The van der Waals surface area contributed by atoms with Gasteiger partial charge in [0, 0.05) is 19.3 Å². The summed E-state index contributed by atoms with van der Waals surface area (Å²) in [6.45, 7) is -0.287. The lowest BCUT2D eigenvalue weighted by Gasteiger charge is -2.20. The Balaban J connectivity index is 2.70. The molecule has 90 valence electrons. The van der Waals surface area contributed by atoms with Crippen molar-refractivity contribution < 1.29 is 17.6 Å². The van der Waals surface area contributed by atoms with Crippen LogP contribution < -0.4 is 10.6 Å². The molecule has 0 bridgehead atoms. The van der Waals surface area contributed by atoms with Crippen molar-refractivity contribution in [1.29, 1.82) is 0 Å². The molecule has 1 aromatic rings. The molecular formula is C10H12F4N2. The van der Waals surface area contributed by atoms with E-state index in [0.717, 1.165) is 6.07 Å². The molecule has 0 saturated heterocycles. The molecule has 0 spiro atoms. The Kier molecular flexibility index (Phi) is 3.62. The van der Waals surface area contributed by atoms with Gasteiger partial charge in [-0.25, -0.2) is 4.39 Å². The summed E-state index contributed by atoms with van der Waals surface area (Å²) in [7, 11) is 1.40. The Hall–Kier alpha value is -1.46. The third kappa shape index (κ3) is 3.60. The third-order valence-corrected chi connectivity index (χ3v) is 2.11. The minimum Gasteiger partial charge on any atom is -0.399 e. The number of halogens is 4. The highest BCUT2D eigenvalue weighted by atomic mass is 19.4. The van der Waals surface area contributed by atoms with Gasteiger partial charge in [-0.2, -0.15) is 13.2 Å². The first-order valence-electron chi connectivity index (χ1n) is 4.62. The van der Waals surface area contributed by atoms with Crippen LogP contribution in [0.3, 0.4) is 0 Å². The SMILES string of the molecule is CN(CCC(F)(F)F)c1ccc(N)cc1F. The average molecular weight is 236 g/mol. The van der Waals surface area contributed by atoms with Gasteiger partial charge >= 0.3 is 6.18 Å². The predicted octanol–water partition coefficient (Wildman–Crippen LogP) is 2.80. The zero-order valence-corrected chi connectivity index (χ0v) is 8.68. The fraction of sp³-hybridized carbons (Fsp3) is 0.400. The van der Waals surface area contributed by atoms with Gasteiger partial charge in [0.05, 0.1) is 12.1 Å². The molecule has 0 radical (unpaired) electrons. The number of alkyl halides is 3. The average Bonchev–Trinajstić information content (AvgIpc) is 2.13. The Morgan fingerprint density at radius 2 is 1.94 bits per heavy atom. The maximum atomic E-state index is 13.3. The van der Waals surface area contributed by atoms with Gasteiger partial charge in [-0.1, -0.05) is 0 Å². The lowest BCUT2D eigenvalue weighted by atomic mass is 10.2. The second-order valence-corrected chi connectivity index (χ2v) is 3.50. The quantitative estimate of drug-likeness (QED) is 0.646. The van der Waals surface area contributed by atoms with Gasteiger partial charge in [-0.15, -0.1) is 0 Å². The molecule has 0 aliphatic rings. The Labute approximate surface area is 90.7 Å². The van der Waals surface area contributed by atoms with Crippen LogP contribution in [0.2, 0.25) is 0 Å². The van der Waals surface area contributed by atoms with Gasteiger partial charge in [0.1, 0.15) is 5.82 Å². The lowest BCUT2D eigenvalue weighted by molar-refractivity contribution is -0.132. The van der Waals surface area contributed by atoms with E-state index >= 15 is 0 Å². The Bertz CT molecular complexity index is 362. The first-order valence-corrected chi connectivity index (χ1v) is 4.62. The number of hydrogen-bond donors (Lipinski definition) is 1. The molecule has 16 heavy (non-hydrogen) atoms. The van der Waals surface area contributed by atoms with Crippen LogP contribution in [0.1, 0.15) is 6.42 Å². The van der Waals surface area contributed by atoms with Crippen molar-refractivity contribution >= 4 is 11.4 Å².